The fourth-order valence-corrected chi connectivity index (χ4v) is 2.50. The Hall–Kier alpha value is -1.42. The third-order valence-electron chi connectivity index (χ3n) is 3.47. The number of ether oxygens (including phenoxy) is 1. The molecule has 1 N–H and O–H groups in total. The van der Waals surface area contributed by atoms with Crippen molar-refractivity contribution in [2.75, 3.05) is 20.8 Å². The quantitative estimate of drug-likeness (QED) is 0.871. The SMILES string of the molecule is CNC(c1ccc(CCOC)cc1)c1ccc(F)c(Cl)c1. The Morgan fingerprint density at radius 3 is 2.38 bits per heavy atom. The molecule has 0 aliphatic heterocycles. The van der Waals surface area contributed by atoms with E-state index in [0.717, 1.165) is 17.5 Å². The maximum atomic E-state index is 13.3. The predicted octanol–water partition coefficient (Wildman–Crippen LogP) is 3.98. The van der Waals surface area contributed by atoms with E-state index in [9.17, 15) is 4.39 Å². The summed E-state index contributed by atoms with van der Waals surface area (Å²) in [6, 6.07) is 13.1. The third-order valence-corrected chi connectivity index (χ3v) is 3.76. The van der Waals surface area contributed by atoms with Gasteiger partial charge in [0.25, 0.3) is 0 Å². The maximum absolute atomic E-state index is 13.3. The Morgan fingerprint density at radius 2 is 1.81 bits per heavy atom. The lowest BCUT2D eigenvalue weighted by Gasteiger charge is -2.18. The van der Waals surface area contributed by atoms with Crippen molar-refractivity contribution in [1.29, 1.82) is 0 Å². The summed E-state index contributed by atoms with van der Waals surface area (Å²) in [4.78, 5) is 0. The van der Waals surface area contributed by atoms with Crippen LogP contribution >= 0.6 is 11.6 Å². The van der Waals surface area contributed by atoms with Crippen LogP contribution in [0.1, 0.15) is 22.7 Å². The largest absolute Gasteiger partial charge is 0.384 e. The van der Waals surface area contributed by atoms with Crippen LogP contribution in [0.5, 0.6) is 0 Å². The molecule has 0 bridgehead atoms. The number of nitrogens with one attached hydrogen (secondary N) is 1. The standard InChI is InChI=1S/C17H19ClFNO/c1-20-17(14-7-8-16(19)15(18)11-14)13-5-3-12(4-6-13)9-10-21-2/h3-8,11,17,20H,9-10H2,1-2H3. The molecule has 0 fully saturated rings. The second kappa shape index (κ2) is 7.55. The molecule has 2 aromatic rings. The highest BCUT2D eigenvalue weighted by Crippen LogP contribution is 2.26. The first kappa shape index (κ1) is 16.0. The molecule has 0 saturated carbocycles. The zero-order valence-corrected chi connectivity index (χ0v) is 13.0. The first-order chi connectivity index (χ1) is 10.2. The predicted molar refractivity (Wildman–Crippen MR) is 84.3 cm³/mol. The average Bonchev–Trinajstić information content (AvgIpc) is 2.50. The molecule has 2 nitrogen and oxygen atoms in total. The molecule has 0 aromatic heterocycles. The highest BCUT2D eigenvalue weighted by molar-refractivity contribution is 6.30. The Kier molecular flexibility index (Phi) is 5.74. The van der Waals surface area contributed by atoms with Crippen LogP contribution in [0, 0.1) is 5.82 Å². The van der Waals surface area contributed by atoms with E-state index in [4.69, 9.17) is 16.3 Å². The minimum atomic E-state index is -0.398. The fourth-order valence-electron chi connectivity index (χ4n) is 2.31. The molecule has 1 unspecified atom stereocenters. The molecule has 21 heavy (non-hydrogen) atoms. The molecule has 2 aromatic carbocycles. The zero-order valence-electron chi connectivity index (χ0n) is 12.2. The molecule has 0 heterocycles. The number of hydrogen-bond acceptors (Lipinski definition) is 2. The van der Waals surface area contributed by atoms with Crippen LogP contribution in [-0.4, -0.2) is 20.8 Å². The summed E-state index contributed by atoms with van der Waals surface area (Å²) in [7, 11) is 3.57. The second-order valence-corrected chi connectivity index (χ2v) is 5.29. The Morgan fingerprint density at radius 1 is 1.14 bits per heavy atom. The average molecular weight is 308 g/mol. The van der Waals surface area contributed by atoms with E-state index in [1.165, 1.54) is 11.6 Å². The van der Waals surface area contributed by atoms with Gasteiger partial charge in [0.15, 0.2) is 0 Å². The molecule has 0 radical (unpaired) electrons. The van der Waals surface area contributed by atoms with E-state index < -0.39 is 5.82 Å². The number of methoxy groups -OCH3 is 1. The van der Waals surface area contributed by atoms with Gasteiger partial charge in [-0.3, -0.25) is 0 Å². The van der Waals surface area contributed by atoms with Gasteiger partial charge in [-0.05, 0) is 42.3 Å². The lowest BCUT2D eigenvalue weighted by Crippen LogP contribution is -2.17. The van der Waals surface area contributed by atoms with Crippen molar-refractivity contribution in [3.05, 3.63) is 70.0 Å². The first-order valence-corrected chi connectivity index (χ1v) is 7.23. The Balaban J connectivity index is 2.22. The van der Waals surface area contributed by atoms with Gasteiger partial charge in [0, 0.05) is 7.11 Å². The zero-order chi connectivity index (χ0) is 15.2. The van der Waals surface area contributed by atoms with Crippen molar-refractivity contribution in [2.45, 2.75) is 12.5 Å². The van der Waals surface area contributed by atoms with E-state index in [-0.39, 0.29) is 11.1 Å². The van der Waals surface area contributed by atoms with Crippen molar-refractivity contribution in [2.24, 2.45) is 0 Å². The minimum absolute atomic E-state index is 0.0143. The molecule has 4 heteroatoms. The minimum Gasteiger partial charge on any atom is -0.384 e. The molecule has 0 aliphatic rings. The molecule has 0 saturated heterocycles. The summed E-state index contributed by atoms with van der Waals surface area (Å²) in [5, 5.41) is 3.38. The van der Waals surface area contributed by atoms with Crippen LogP contribution in [0.15, 0.2) is 42.5 Å². The van der Waals surface area contributed by atoms with Gasteiger partial charge in [0.05, 0.1) is 17.7 Å². The van der Waals surface area contributed by atoms with E-state index in [1.807, 2.05) is 7.05 Å². The fraction of sp³-hybridized carbons (Fsp3) is 0.294. The highest BCUT2D eigenvalue weighted by Gasteiger charge is 2.13. The Bertz CT molecular complexity index is 586. The van der Waals surface area contributed by atoms with Crippen molar-refractivity contribution in [1.82, 2.24) is 5.32 Å². The van der Waals surface area contributed by atoms with Crippen LogP contribution < -0.4 is 5.32 Å². The summed E-state index contributed by atoms with van der Waals surface area (Å²) in [6.07, 6.45) is 0.892. The molecule has 0 amide bonds. The molecule has 0 spiro atoms. The molecule has 1 atom stereocenters. The summed E-state index contributed by atoms with van der Waals surface area (Å²) in [5.41, 5.74) is 3.28. The normalized spacial score (nSPS) is 12.4. The van der Waals surface area contributed by atoms with Crippen molar-refractivity contribution in [3.63, 3.8) is 0 Å². The van der Waals surface area contributed by atoms with Crippen molar-refractivity contribution < 1.29 is 9.13 Å². The number of rotatable bonds is 6. The van der Waals surface area contributed by atoms with Gasteiger partial charge in [-0.1, -0.05) is 41.9 Å². The summed E-state index contributed by atoms with van der Waals surface area (Å²) in [6.45, 7) is 0.711. The smallest absolute Gasteiger partial charge is 0.141 e. The molecular formula is C17H19ClFNO. The van der Waals surface area contributed by atoms with Gasteiger partial charge in [0.1, 0.15) is 5.82 Å². The molecular weight excluding hydrogens is 289 g/mol. The number of benzene rings is 2. The van der Waals surface area contributed by atoms with Crippen LogP contribution in [0.2, 0.25) is 5.02 Å². The van der Waals surface area contributed by atoms with E-state index in [0.29, 0.717) is 6.61 Å². The van der Waals surface area contributed by atoms with Crippen molar-refractivity contribution in [3.8, 4) is 0 Å². The van der Waals surface area contributed by atoms with Gasteiger partial charge in [-0.25, -0.2) is 4.39 Å². The monoisotopic (exact) mass is 307 g/mol. The summed E-state index contributed by atoms with van der Waals surface area (Å²) < 4.78 is 18.4. The maximum Gasteiger partial charge on any atom is 0.141 e. The van der Waals surface area contributed by atoms with Crippen LogP contribution in [0.4, 0.5) is 4.39 Å². The topological polar surface area (TPSA) is 21.3 Å². The van der Waals surface area contributed by atoms with Gasteiger partial charge in [-0.2, -0.15) is 0 Å². The lowest BCUT2D eigenvalue weighted by molar-refractivity contribution is 0.202. The lowest BCUT2D eigenvalue weighted by atomic mass is 9.97. The van der Waals surface area contributed by atoms with E-state index >= 15 is 0 Å². The second-order valence-electron chi connectivity index (χ2n) is 4.88. The number of hydrogen-bond donors (Lipinski definition) is 1. The number of halogens is 2. The highest BCUT2D eigenvalue weighted by atomic mass is 35.5. The van der Waals surface area contributed by atoms with Crippen LogP contribution in [0.25, 0.3) is 0 Å². The third kappa shape index (κ3) is 4.03. The van der Waals surface area contributed by atoms with Gasteiger partial charge in [0.2, 0.25) is 0 Å². The van der Waals surface area contributed by atoms with Gasteiger partial charge >= 0.3 is 0 Å². The van der Waals surface area contributed by atoms with E-state index in [2.05, 4.69) is 29.6 Å². The van der Waals surface area contributed by atoms with Crippen LogP contribution in [-0.2, 0) is 11.2 Å². The molecule has 112 valence electrons. The van der Waals surface area contributed by atoms with Crippen LogP contribution in [0.3, 0.4) is 0 Å². The summed E-state index contributed by atoms with van der Waals surface area (Å²) in [5.74, 6) is -0.398. The molecule has 2 rings (SSSR count). The summed E-state index contributed by atoms with van der Waals surface area (Å²) >= 11 is 5.87. The first-order valence-electron chi connectivity index (χ1n) is 6.85. The Labute approximate surface area is 129 Å². The van der Waals surface area contributed by atoms with Gasteiger partial charge in [-0.15, -0.1) is 0 Å². The van der Waals surface area contributed by atoms with E-state index in [1.54, 1.807) is 19.2 Å². The van der Waals surface area contributed by atoms with Gasteiger partial charge < -0.3 is 10.1 Å². The van der Waals surface area contributed by atoms with Crippen molar-refractivity contribution >= 4 is 11.6 Å². The molecule has 0 aliphatic carbocycles.